The number of aromatic nitrogens is 3. The van der Waals surface area contributed by atoms with Gasteiger partial charge in [0.2, 0.25) is 0 Å². The molecular weight excluding hydrogens is 527 g/mol. The van der Waals surface area contributed by atoms with Gasteiger partial charge in [0.1, 0.15) is 17.4 Å². The molecule has 1 aromatic carbocycles. The molecule has 2 heterocycles. The molecule has 3 rings (SSSR count). The van der Waals surface area contributed by atoms with Gasteiger partial charge in [-0.05, 0) is 50.3 Å². The highest BCUT2D eigenvalue weighted by Gasteiger charge is 2.14. The number of benzene rings is 1. The lowest BCUT2D eigenvalue weighted by molar-refractivity contribution is 0.414. The van der Waals surface area contributed by atoms with Crippen molar-refractivity contribution in [2.45, 2.75) is 58.4 Å². The topological polar surface area (TPSA) is 76.4 Å². The fourth-order valence-electron chi connectivity index (χ4n) is 3.67. The minimum Gasteiger partial charge on any atom is -0.497 e. The average molecular weight is 561 g/mol. The van der Waals surface area contributed by atoms with Crippen LogP contribution in [0.1, 0.15) is 49.8 Å². The van der Waals surface area contributed by atoms with Gasteiger partial charge in [0.05, 0.1) is 7.11 Å². The maximum absolute atomic E-state index is 6.33. The van der Waals surface area contributed by atoms with Crippen molar-refractivity contribution < 1.29 is 4.74 Å². The van der Waals surface area contributed by atoms with E-state index in [0.717, 1.165) is 85.8 Å². The zero-order chi connectivity index (χ0) is 21.2. The Kier molecular flexibility index (Phi) is 11.4. The van der Waals surface area contributed by atoms with E-state index < -0.39 is 0 Å². The molecule has 0 unspecified atom stereocenters. The highest BCUT2D eigenvalue weighted by atomic mass is 127. The van der Waals surface area contributed by atoms with Crippen LogP contribution in [0.5, 0.6) is 5.75 Å². The van der Waals surface area contributed by atoms with Crippen LogP contribution >= 0.6 is 35.6 Å². The van der Waals surface area contributed by atoms with Gasteiger partial charge >= 0.3 is 0 Å². The number of guanidine groups is 1. The molecule has 1 aromatic heterocycles. The summed E-state index contributed by atoms with van der Waals surface area (Å²) in [5, 5.41) is 16.2. The van der Waals surface area contributed by atoms with Gasteiger partial charge in [-0.15, -0.1) is 34.2 Å². The first-order valence-electron chi connectivity index (χ1n) is 11.0. The van der Waals surface area contributed by atoms with Crippen molar-refractivity contribution in [2.24, 2.45) is 4.99 Å². The molecule has 2 N–H and O–H groups in total. The predicted octanol–water partition coefficient (Wildman–Crippen LogP) is 4.01. The minimum absolute atomic E-state index is 0. The number of hydrogen-bond donors (Lipinski definition) is 2. The van der Waals surface area contributed by atoms with E-state index in [4.69, 9.17) is 21.3 Å². The van der Waals surface area contributed by atoms with Crippen molar-refractivity contribution in [2.75, 3.05) is 26.7 Å². The van der Waals surface area contributed by atoms with Crippen LogP contribution in [0.25, 0.3) is 0 Å². The molecule has 0 atom stereocenters. The van der Waals surface area contributed by atoms with Crippen molar-refractivity contribution in [3.63, 3.8) is 0 Å². The zero-order valence-electron chi connectivity index (χ0n) is 18.5. The van der Waals surface area contributed by atoms with Crippen LogP contribution in [0.15, 0.2) is 23.2 Å². The normalized spacial score (nSPS) is 13.7. The SMILES string of the molecule is CCNC(=NCCCc1nnc2n1CCCCC2)NCCc1ccc(OC)cc1Cl.I. The summed E-state index contributed by atoms with van der Waals surface area (Å²) in [5.41, 5.74) is 1.09. The van der Waals surface area contributed by atoms with Crippen LogP contribution in [-0.4, -0.2) is 47.5 Å². The molecule has 0 radical (unpaired) electrons. The van der Waals surface area contributed by atoms with Crippen LogP contribution in [0.3, 0.4) is 0 Å². The first-order chi connectivity index (χ1) is 14.7. The highest BCUT2D eigenvalue weighted by molar-refractivity contribution is 14.0. The van der Waals surface area contributed by atoms with Crippen LogP contribution in [0, 0.1) is 0 Å². The molecule has 0 saturated carbocycles. The van der Waals surface area contributed by atoms with Crippen LogP contribution in [0.2, 0.25) is 5.02 Å². The lowest BCUT2D eigenvalue weighted by atomic mass is 10.1. The van der Waals surface area contributed by atoms with Crippen LogP contribution < -0.4 is 15.4 Å². The van der Waals surface area contributed by atoms with Gasteiger partial charge in [0.15, 0.2) is 5.96 Å². The summed E-state index contributed by atoms with van der Waals surface area (Å²) in [6.45, 7) is 5.46. The van der Waals surface area contributed by atoms with E-state index in [1.165, 1.54) is 19.3 Å². The Morgan fingerprint density at radius 3 is 2.84 bits per heavy atom. The Bertz CT molecular complexity index is 841. The van der Waals surface area contributed by atoms with E-state index in [2.05, 4.69) is 32.3 Å². The number of rotatable bonds is 9. The summed E-state index contributed by atoms with van der Waals surface area (Å²) in [6.07, 6.45) is 7.48. The first-order valence-corrected chi connectivity index (χ1v) is 11.3. The van der Waals surface area contributed by atoms with Gasteiger partial charge in [-0.2, -0.15) is 0 Å². The number of halogens is 2. The van der Waals surface area contributed by atoms with Crippen molar-refractivity contribution >= 4 is 41.5 Å². The summed E-state index contributed by atoms with van der Waals surface area (Å²) >= 11 is 6.33. The number of nitrogens with one attached hydrogen (secondary N) is 2. The second-order valence-electron chi connectivity index (χ2n) is 7.49. The molecule has 1 aliphatic heterocycles. The maximum atomic E-state index is 6.33. The standard InChI is InChI=1S/C22H33ClN6O.HI/c1-3-24-22(26-14-12-17-10-11-18(30-2)16-19(17)23)25-13-7-9-21-28-27-20-8-5-4-6-15-29(20)21;/h10-11,16H,3-9,12-15H2,1-2H3,(H2,24,25,26);1H. The third kappa shape index (κ3) is 7.82. The number of hydrogen-bond acceptors (Lipinski definition) is 4. The van der Waals surface area contributed by atoms with Gasteiger partial charge in [-0.3, -0.25) is 4.99 Å². The van der Waals surface area contributed by atoms with Gasteiger partial charge in [-0.1, -0.05) is 24.1 Å². The number of aryl methyl sites for hydroxylation is 2. The second-order valence-corrected chi connectivity index (χ2v) is 7.90. The van der Waals surface area contributed by atoms with E-state index in [0.29, 0.717) is 0 Å². The Labute approximate surface area is 207 Å². The lowest BCUT2D eigenvalue weighted by Crippen LogP contribution is -2.38. The molecule has 172 valence electrons. The van der Waals surface area contributed by atoms with Crippen molar-refractivity contribution in [3.8, 4) is 5.75 Å². The molecule has 31 heavy (non-hydrogen) atoms. The number of ether oxygens (including phenoxy) is 1. The number of fused-ring (bicyclic) bond motifs is 1. The average Bonchev–Trinajstić information content (AvgIpc) is 2.98. The van der Waals surface area contributed by atoms with Crippen molar-refractivity contribution in [1.82, 2.24) is 25.4 Å². The van der Waals surface area contributed by atoms with Crippen molar-refractivity contribution in [3.05, 3.63) is 40.4 Å². The van der Waals surface area contributed by atoms with Gasteiger partial charge in [-0.25, -0.2) is 0 Å². The zero-order valence-corrected chi connectivity index (χ0v) is 21.6. The highest BCUT2D eigenvalue weighted by Crippen LogP contribution is 2.22. The largest absolute Gasteiger partial charge is 0.497 e. The Hall–Kier alpha value is -1.55. The maximum Gasteiger partial charge on any atom is 0.191 e. The van der Waals surface area contributed by atoms with Gasteiger partial charge in [0, 0.05) is 44.0 Å². The molecule has 0 amide bonds. The predicted molar refractivity (Wildman–Crippen MR) is 137 cm³/mol. The molecule has 0 fully saturated rings. The first kappa shape index (κ1) is 25.7. The van der Waals surface area contributed by atoms with Crippen LogP contribution in [0.4, 0.5) is 0 Å². The monoisotopic (exact) mass is 560 g/mol. The third-order valence-electron chi connectivity index (χ3n) is 5.31. The Morgan fingerprint density at radius 1 is 1.19 bits per heavy atom. The lowest BCUT2D eigenvalue weighted by Gasteiger charge is -2.12. The van der Waals surface area contributed by atoms with E-state index in [-0.39, 0.29) is 24.0 Å². The van der Waals surface area contributed by atoms with Gasteiger partial charge in [0.25, 0.3) is 0 Å². The molecule has 0 bridgehead atoms. The smallest absolute Gasteiger partial charge is 0.191 e. The second kappa shape index (κ2) is 13.8. The quantitative estimate of drug-likeness (QED) is 0.210. The fraction of sp³-hybridized carbons (Fsp3) is 0.591. The fourth-order valence-corrected chi connectivity index (χ4v) is 3.94. The van der Waals surface area contributed by atoms with E-state index in [1.807, 2.05) is 18.2 Å². The third-order valence-corrected chi connectivity index (χ3v) is 5.66. The Morgan fingerprint density at radius 2 is 2.06 bits per heavy atom. The van der Waals surface area contributed by atoms with E-state index in [1.54, 1.807) is 7.11 Å². The Balaban J connectivity index is 0.00000341. The summed E-state index contributed by atoms with van der Waals surface area (Å²) in [4.78, 5) is 4.71. The molecule has 9 heteroatoms. The molecule has 7 nitrogen and oxygen atoms in total. The summed E-state index contributed by atoms with van der Waals surface area (Å²) in [6, 6.07) is 5.79. The van der Waals surface area contributed by atoms with E-state index in [9.17, 15) is 0 Å². The number of methoxy groups -OCH3 is 1. The van der Waals surface area contributed by atoms with Gasteiger partial charge < -0.3 is 19.9 Å². The van der Waals surface area contributed by atoms with E-state index >= 15 is 0 Å². The molecule has 2 aromatic rings. The van der Waals surface area contributed by atoms with Crippen molar-refractivity contribution in [1.29, 1.82) is 0 Å². The molecular formula is C22H34ClIN6O. The summed E-state index contributed by atoms with van der Waals surface area (Å²) in [5.74, 6) is 3.87. The summed E-state index contributed by atoms with van der Waals surface area (Å²) < 4.78 is 7.52. The molecule has 1 aliphatic rings. The molecule has 0 spiro atoms. The number of aliphatic imine (C=N–C) groups is 1. The summed E-state index contributed by atoms with van der Waals surface area (Å²) in [7, 11) is 1.64. The number of nitrogens with zero attached hydrogens (tertiary/aromatic N) is 4. The van der Waals surface area contributed by atoms with Crippen LogP contribution in [-0.2, 0) is 25.8 Å². The molecule has 0 aliphatic carbocycles. The minimum atomic E-state index is 0. The molecule has 0 saturated heterocycles.